The Hall–Kier alpha value is -2.03. The highest BCUT2D eigenvalue weighted by Gasteiger charge is 2.06. The molecule has 3 rings (SSSR count). The highest BCUT2D eigenvalue weighted by Crippen LogP contribution is 2.04. The van der Waals surface area contributed by atoms with Crippen LogP contribution in [0, 0.1) is 0 Å². The number of fused-ring (bicyclic) bond motifs is 2. The van der Waals surface area contributed by atoms with E-state index in [0.29, 0.717) is 12.3 Å². The molecule has 0 unspecified atom stereocenters. The monoisotopic (exact) mass is 198 g/mol. The first-order valence-electron chi connectivity index (χ1n) is 4.85. The fraction of sp³-hybridized carbons (Fsp3) is 0.0833. The third-order valence-corrected chi connectivity index (χ3v) is 2.62. The van der Waals surface area contributed by atoms with E-state index in [1.54, 1.807) is 6.20 Å². The summed E-state index contributed by atoms with van der Waals surface area (Å²) in [5, 5.41) is 11.9. The Kier molecular flexibility index (Phi) is 1.65. The molecule has 1 aromatic carbocycles. The van der Waals surface area contributed by atoms with Crippen LogP contribution in [0.15, 0.2) is 36.7 Å². The van der Waals surface area contributed by atoms with Crippen LogP contribution in [-0.2, 0) is 6.54 Å². The van der Waals surface area contributed by atoms with Crippen LogP contribution in [-0.4, -0.2) is 14.7 Å². The number of aromatic nitrogens is 2. The van der Waals surface area contributed by atoms with E-state index in [4.69, 9.17) is 0 Å². The maximum absolute atomic E-state index is 9.95. The Balaban J connectivity index is 2.43. The molecular formula is C12H10N2O. The van der Waals surface area contributed by atoms with E-state index in [1.165, 1.54) is 0 Å². The molecule has 1 N–H and O–H groups in total. The zero-order valence-electron chi connectivity index (χ0n) is 8.09. The van der Waals surface area contributed by atoms with E-state index in [9.17, 15) is 5.11 Å². The molecule has 1 aromatic heterocycles. The van der Waals surface area contributed by atoms with Gasteiger partial charge in [0.25, 0.3) is 0 Å². The van der Waals surface area contributed by atoms with Crippen molar-refractivity contribution < 1.29 is 5.11 Å². The smallest absolute Gasteiger partial charge is 0.133 e. The van der Waals surface area contributed by atoms with Gasteiger partial charge in [0.2, 0.25) is 0 Å². The van der Waals surface area contributed by atoms with Gasteiger partial charge in [-0.3, -0.25) is 0 Å². The van der Waals surface area contributed by atoms with Crippen molar-refractivity contribution in [3.63, 3.8) is 0 Å². The van der Waals surface area contributed by atoms with Crippen LogP contribution in [0.1, 0.15) is 5.82 Å². The molecule has 2 heterocycles. The van der Waals surface area contributed by atoms with Gasteiger partial charge in [-0.05, 0) is 11.3 Å². The summed E-state index contributed by atoms with van der Waals surface area (Å²) in [6, 6.07) is 7.79. The third-order valence-electron chi connectivity index (χ3n) is 2.62. The summed E-state index contributed by atoms with van der Waals surface area (Å²) in [5.74, 6) is 1.27. The standard InChI is InChI=1S/C12H10N2O/c15-11-8-14-6-5-13-12(14)7-9-3-1-2-4-10(9)11/h1-7,15H,8H2. The molecular weight excluding hydrogens is 188 g/mol. The Morgan fingerprint density at radius 3 is 3.07 bits per heavy atom. The second-order valence-electron chi connectivity index (χ2n) is 3.59. The number of rotatable bonds is 0. The van der Waals surface area contributed by atoms with E-state index in [1.807, 2.05) is 41.1 Å². The van der Waals surface area contributed by atoms with Crippen LogP contribution < -0.4 is 10.4 Å². The molecule has 0 spiro atoms. The van der Waals surface area contributed by atoms with Gasteiger partial charge in [-0.25, -0.2) is 4.98 Å². The van der Waals surface area contributed by atoms with Crippen LogP contribution in [0.3, 0.4) is 0 Å². The quantitative estimate of drug-likeness (QED) is 0.665. The molecule has 3 nitrogen and oxygen atoms in total. The molecule has 74 valence electrons. The first kappa shape index (κ1) is 8.29. The third kappa shape index (κ3) is 1.24. The van der Waals surface area contributed by atoms with E-state index >= 15 is 0 Å². The highest BCUT2D eigenvalue weighted by molar-refractivity contribution is 5.49. The lowest BCUT2D eigenvalue weighted by atomic mass is 10.2. The number of hydrogen-bond donors (Lipinski definition) is 1. The Morgan fingerprint density at radius 1 is 1.27 bits per heavy atom. The van der Waals surface area contributed by atoms with Gasteiger partial charge >= 0.3 is 0 Å². The Morgan fingerprint density at radius 2 is 2.13 bits per heavy atom. The van der Waals surface area contributed by atoms with Crippen molar-refractivity contribution in [3.8, 4) is 0 Å². The fourth-order valence-corrected chi connectivity index (χ4v) is 1.87. The van der Waals surface area contributed by atoms with Crippen molar-refractivity contribution in [1.29, 1.82) is 0 Å². The van der Waals surface area contributed by atoms with Crippen LogP contribution in [0.25, 0.3) is 11.8 Å². The Bertz CT molecular complexity index is 625. The Labute approximate surface area is 86.6 Å². The van der Waals surface area contributed by atoms with Crippen LogP contribution in [0.5, 0.6) is 0 Å². The van der Waals surface area contributed by atoms with Gasteiger partial charge < -0.3 is 9.67 Å². The van der Waals surface area contributed by atoms with Crippen molar-refractivity contribution >= 4 is 11.8 Å². The number of imidazole rings is 1. The molecule has 2 aromatic rings. The molecule has 0 aliphatic carbocycles. The lowest BCUT2D eigenvalue weighted by Gasteiger charge is -2.01. The van der Waals surface area contributed by atoms with E-state index in [0.717, 1.165) is 16.3 Å². The second-order valence-corrected chi connectivity index (χ2v) is 3.59. The van der Waals surface area contributed by atoms with Gasteiger partial charge in [0.05, 0.1) is 6.54 Å². The number of benzene rings is 1. The van der Waals surface area contributed by atoms with Gasteiger partial charge in [0, 0.05) is 17.6 Å². The summed E-state index contributed by atoms with van der Waals surface area (Å²) in [5.41, 5.74) is 0. The maximum atomic E-state index is 9.95. The molecule has 0 amide bonds. The second kappa shape index (κ2) is 2.98. The summed E-state index contributed by atoms with van der Waals surface area (Å²) in [6.07, 6.45) is 5.60. The molecule has 15 heavy (non-hydrogen) atoms. The maximum Gasteiger partial charge on any atom is 0.133 e. The molecule has 0 saturated heterocycles. The molecule has 0 fully saturated rings. The topological polar surface area (TPSA) is 38.1 Å². The van der Waals surface area contributed by atoms with Crippen molar-refractivity contribution in [1.82, 2.24) is 9.55 Å². The van der Waals surface area contributed by atoms with Crippen LogP contribution >= 0.6 is 0 Å². The normalized spacial score (nSPS) is 13.7. The molecule has 1 aliphatic heterocycles. The molecule has 0 bridgehead atoms. The van der Waals surface area contributed by atoms with Crippen molar-refractivity contribution in [3.05, 3.63) is 52.9 Å². The zero-order chi connectivity index (χ0) is 10.3. The molecule has 0 radical (unpaired) electrons. The minimum Gasteiger partial charge on any atom is -0.510 e. The highest BCUT2D eigenvalue weighted by atomic mass is 16.3. The van der Waals surface area contributed by atoms with Crippen molar-refractivity contribution in [2.75, 3.05) is 0 Å². The van der Waals surface area contributed by atoms with Gasteiger partial charge in [0.15, 0.2) is 0 Å². The lowest BCUT2D eigenvalue weighted by Crippen LogP contribution is -2.26. The number of hydrogen-bond acceptors (Lipinski definition) is 2. The summed E-state index contributed by atoms with van der Waals surface area (Å²) in [7, 11) is 0. The van der Waals surface area contributed by atoms with Gasteiger partial charge in [-0.1, -0.05) is 24.3 Å². The zero-order valence-corrected chi connectivity index (χ0v) is 8.09. The van der Waals surface area contributed by atoms with Crippen LogP contribution in [0.2, 0.25) is 0 Å². The predicted octanol–water partition coefficient (Wildman–Crippen LogP) is 0.392. The first-order chi connectivity index (χ1) is 7.34. The molecule has 3 heteroatoms. The minimum absolute atomic E-state index is 0.388. The van der Waals surface area contributed by atoms with E-state index in [2.05, 4.69) is 4.98 Å². The predicted molar refractivity (Wildman–Crippen MR) is 57.5 cm³/mol. The first-order valence-corrected chi connectivity index (χ1v) is 4.85. The summed E-state index contributed by atoms with van der Waals surface area (Å²) in [6.45, 7) is 0.489. The van der Waals surface area contributed by atoms with E-state index < -0.39 is 0 Å². The van der Waals surface area contributed by atoms with Gasteiger partial charge in [-0.15, -0.1) is 0 Å². The van der Waals surface area contributed by atoms with Crippen molar-refractivity contribution in [2.24, 2.45) is 0 Å². The average molecular weight is 198 g/mol. The van der Waals surface area contributed by atoms with Crippen molar-refractivity contribution in [2.45, 2.75) is 6.54 Å². The number of aliphatic hydroxyl groups excluding tert-OH is 1. The van der Waals surface area contributed by atoms with Crippen LogP contribution in [0.4, 0.5) is 0 Å². The molecule has 0 saturated carbocycles. The number of aliphatic hydroxyl groups is 1. The molecule has 0 atom stereocenters. The number of nitrogens with zero attached hydrogens (tertiary/aromatic N) is 2. The van der Waals surface area contributed by atoms with Gasteiger partial charge in [-0.2, -0.15) is 0 Å². The lowest BCUT2D eigenvalue weighted by molar-refractivity contribution is 0.465. The summed E-state index contributed by atoms with van der Waals surface area (Å²) < 4.78 is 1.93. The summed E-state index contributed by atoms with van der Waals surface area (Å²) >= 11 is 0. The molecule has 1 aliphatic rings. The fourth-order valence-electron chi connectivity index (χ4n) is 1.87. The minimum atomic E-state index is 0.388. The van der Waals surface area contributed by atoms with E-state index in [-0.39, 0.29) is 0 Å². The summed E-state index contributed by atoms with van der Waals surface area (Å²) in [4.78, 5) is 4.23. The SMILES string of the molecule is OC1=c2ccccc2=Cc2nccn2C1. The largest absolute Gasteiger partial charge is 0.510 e. The average Bonchev–Trinajstić information content (AvgIpc) is 2.61. The van der Waals surface area contributed by atoms with Gasteiger partial charge in [0.1, 0.15) is 11.6 Å².